The Kier molecular flexibility index (Phi) is 2.10. The zero-order valence-electron chi connectivity index (χ0n) is 8.73. The first-order chi connectivity index (χ1) is 7.34. The molecule has 1 nitrogen and oxygen atoms in total. The van der Waals surface area contributed by atoms with E-state index in [1.807, 2.05) is 11.3 Å². The van der Waals surface area contributed by atoms with Crippen molar-refractivity contribution < 1.29 is 0 Å². The maximum atomic E-state index is 4.67. The fourth-order valence-corrected chi connectivity index (χ4v) is 3.02. The number of hydrogen-bond donors (Lipinski definition) is 0. The second-order valence-corrected chi connectivity index (χ2v) is 5.14. The Labute approximate surface area is 93.8 Å². The summed E-state index contributed by atoms with van der Waals surface area (Å²) in [6, 6.07) is 10.6. The molecule has 1 aromatic heterocycles. The zero-order chi connectivity index (χ0) is 10.3. The number of benzene rings is 1. The van der Waals surface area contributed by atoms with Crippen molar-refractivity contribution in [3.8, 4) is 10.4 Å². The van der Waals surface area contributed by atoms with Crippen LogP contribution in [0.2, 0.25) is 0 Å². The quantitative estimate of drug-likeness (QED) is 0.738. The van der Waals surface area contributed by atoms with Gasteiger partial charge in [-0.05, 0) is 25.3 Å². The van der Waals surface area contributed by atoms with E-state index in [9.17, 15) is 0 Å². The fraction of sp³-hybridized carbons (Fsp3) is 0.308. The minimum Gasteiger partial charge on any atom is -0.246 e. The maximum Gasteiger partial charge on any atom is 0.0965 e. The number of thiazole rings is 1. The molecule has 0 aliphatic heterocycles. The van der Waals surface area contributed by atoms with Crippen LogP contribution in [0.3, 0.4) is 0 Å². The van der Waals surface area contributed by atoms with Gasteiger partial charge in [0.1, 0.15) is 0 Å². The molecule has 0 radical (unpaired) electrons. The minimum absolute atomic E-state index is 0.770. The first-order valence-corrected chi connectivity index (χ1v) is 6.19. The van der Waals surface area contributed by atoms with E-state index < -0.39 is 0 Å². The minimum atomic E-state index is 0.770. The van der Waals surface area contributed by atoms with Crippen molar-refractivity contribution in [2.75, 3.05) is 0 Å². The van der Waals surface area contributed by atoms with Gasteiger partial charge in [0.15, 0.2) is 0 Å². The standard InChI is InChI=1S/C13H13NS/c1-9-12(10-5-3-2-4-6-10)15-13(14-9)11-7-8-11/h2-6,11H,7-8H2,1H3. The molecular formula is C13H13NS. The van der Waals surface area contributed by atoms with E-state index in [-0.39, 0.29) is 0 Å². The van der Waals surface area contributed by atoms with Gasteiger partial charge in [-0.15, -0.1) is 11.3 Å². The summed E-state index contributed by atoms with van der Waals surface area (Å²) in [6.07, 6.45) is 2.67. The number of nitrogens with zero attached hydrogens (tertiary/aromatic N) is 1. The molecule has 1 aliphatic carbocycles. The van der Waals surface area contributed by atoms with E-state index >= 15 is 0 Å². The van der Waals surface area contributed by atoms with E-state index in [1.54, 1.807) is 0 Å². The molecule has 0 unspecified atom stereocenters. The first-order valence-electron chi connectivity index (χ1n) is 5.37. The average Bonchev–Trinajstić information content (AvgIpc) is 3.04. The monoisotopic (exact) mass is 215 g/mol. The lowest BCUT2D eigenvalue weighted by Crippen LogP contribution is -1.78. The Morgan fingerprint density at radius 3 is 2.60 bits per heavy atom. The molecule has 15 heavy (non-hydrogen) atoms. The van der Waals surface area contributed by atoms with Gasteiger partial charge >= 0.3 is 0 Å². The van der Waals surface area contributed by atoms with Gasteiger partial charge in [0.2, 0.25) is 0 Å². The van der Waals surface area contributed by atoms with Gasteiger partial charge in [-0.3, -0.25) is 0 Å². The molecule has 0 amide bonds. The third-order valence-corrected chi connectivity index (χ3v) is 4.14. The highest BCUT2D eigenvalue weighted by atomic mass is 32.1. The Balaban J connectivity index is 2.04. The van der Waals surface area contributed by atoms with Crippen LogP contribution < -0.4 is 0 Å². The third-order valence-electron chi connectivity index (χ3n) is 2.78. The molecule has 1 fully saturated rings. The predicted octanol–water partition coefficient (Wildman–Crippen LogP) is 4.00. The summed E-state index contributed by atoms with van der Waals surface area (Å²) in [4.78, 5) is 6.01. The third kappa shape index (κ3) is 1.70. The van der Waals surface area contributed by atoms with Crippen molar-refractivity contribution in [2.45, 2.75) is 25.7 Å². The Hall–Kier alpha value is -1.15. The number of rotatable bonds is 2. The van der Waals surface area contributed by atoms with Crippen LogP contribution in [0, 0.1) is 6.92 Å². The Morgan fingerprint density at radius 1 is 1.20 bits per heavy atom. The van der Waals surface area contributed by atoms with Crippen LogP contribution in [0.4, 0.5) is 0 Å². The second kappa shape index (κ2) is 3.46. The summed E-state index contributed by atoms with van der Waals surface area (Å²) in [7, 11) is 0. The highest BCUT2D eigenvalue weighted by molar-refractivity contribution is 7.15. The normalized spacial score (nSPS) is 15.5. The van der Waals surface area contributed by atoms with Crippen molar-refractivity contribution in [1.82, 2.24) is 4.98 Å². The van der Waals surface area contributed by atoms with Crippen LogP contribution in [-0.2, 0) is 0 Å². The molecule has 0 bridgehead atoms. The Bertz CT molecular complexity index is 469. The molecule has 1 aliphatic rings. The van der Waals surface area contributed by atoms with Crippen molar-refractivity contribution in [3.63, 3.8) is 0 Å². The molecular weight excluding hydrogens is 202 g/mol. The van der Waals surface area contributed by atoms with Crippen LogP contribution in [0.25, 0.3) is 10.4 Å². The number of hydrogen-bond acceptors (Lipinski definition) is 2. The zero-order valence-corrected chi connectivity index (χ0v) is 9.55. The van der Waals surface area contributed by atoms with E-state index in [0.717, 1.165) is 5.92 Å². The average molecular weight is 215 g/mol. The van der Waals surface area contributed by atoms with Gasteiger partial charge in [0.25, 0.3) is 0 Å². The molecule has 0 N–H and O–H groups in total. The van der Waals surface area contributed by atoms with Crippen molar-refractivity contribution in [2.24, 2.45) is 0 Å². The number of aryl methyl sites for hydroxylation is 1. The van der Waals surface area contributed by atoms with Crippen LogP contribution in [0.5, 0.6) is 0 Å². The molecule has 0 atom stereocenters. The summed E-state index contributed by atoms with van der Waals surface area (Å²) in [5.74, 6) is 0.770. The summed E-state index contributed by atoms with van der Waals surface area (Å²) >= 11 is 1.87. The van der Waals surface area contributed by atoms with E-state index in [4.69, 9.17) is 0 Å². The maximum absolute atomic E-state index is 4.67. The summed E-state index contributed by atoms with van der Waals surface area (Å²) < 4.78 is 0. The molecule has 2 heteroatoms. The lowest BCUT2D eigenvalue weighted by atomic mass is 10.2. The molecule has 76 valence electrons. The largest absolute Gasteiger partial charge is 0.246 e. The van der Waals surface area contributed by atoms with E-state index in [2.05, 4.69) is 42.2 Å². The van der Waals surface area contributed by atoms with Crippen molar-refractivity contribution in [1.29, 1.82) is 0 Å². The molecule has 0 spiro atoms. The molecule has 3 rings (SSSR count). The molecule has 1 saturated carbocycles. The Morgan fingerprint density at radius 2 is 1.93 bits per heavy atom. The van der Waals surface area contributed by atoms with Crippen LogP contribution in [0.15, 0.2) is 30.3 Å². The summed E-state index contributed by atoms with van der Waals surface area (Å²) in [6.45, 7) is 2.12. The second-order valence-electron chi connectivity index (χ2n) is 4.11. The highest BCUT2D eigenvalue weighted by Crippen LogP contribution is 2.44. The summed E-state index contributed by atoms with van der Waals surface area (Å²) in [5.41, 5.74) is 2.49. The summed E-state index contributed by atoms with van der Waals surface area (Å²) in [5, 5.41) is 1.34. The van der Waals surface area contributed by atoms with E-state index in [0.29, 0.717) is 0 Å². The first kappa shape index (κ1) is 9.10. The topological polar surface area (TPSA) is 12.9 Å². The van der Waals surface area contributed by atoms with Crippen molar-refractivity contribution in [3.05, 3.63) is 41.0 Å². The lowest BCUT2D eigenvalue weighted by molar-refractivity contribution is 1.06. The van der Waals surface area contributed by atoms with Crippen LogP contribution >= 0.6 is 11.3 Å². The lowest BCUT2D eigenvalue weighted by Gasteiger charge is -1.96. The van der Waals surface area contributed by atoms with Gasteiger partial charge in [-0.1, -0.05) is 30.3 Å². The molecule has 0 saturated heterocycles. The smallest absolute Gasteiger partial charge is 0.0965 e. The van der Waals surface area contributed by atoms with E-state index in [1.165, 1.54) is 34.0 Å². The predicted molar refractivity (Wildman–Crippen MR) is 64.3 cm³/mol. The van der Waals surface area contributed by atoms with Gasteiger partial charge < -0.3 is 0 Å². The fourth-order valence-electron chi connectivity index (χ4n) is 1.78. The highest BCUT2D eigenvalue weighted by Gasteiger charge is 2.27. The van der Waals surface area contributed by atoms with Crippen LogP contribution in [-0.4, -0.2) is 4.98 Å². The SMILES string of the molecule is Cc1nc(C2CC2)sc1-c1ccccc1. The molecule has 1 heterocycles. The van der Waals surface area contributed by atoms with Gasteiger partial charge in [0, 0.05) is 5.92 Å². The van der Waals surface area contributed by atoms with Gasteiger partial charge in [0.05, 0.1) is 15.6 Å². The molecule has 2 aromatic rings. The molecule has 1 aromatic carbocycles. The number of aromatic nitrogens is 1. The van der Waals surface area contributed by atoms with Crippen LogP contribution in [0.1, 0.15) is 29.5 Å². The van der Waals surface area contributed by atoms with Crippen molar-refractivity contribution >= 4 is 11.3 Å². The van der Waals surface area contributed by atoms with Gasteiger partial charge in [-0.25, -0.2) is 4.98 Å². The van der Waals surface area contributed by atoms with Gasteiger partial charge in [-0.2, -0.15) is 0 Å².